The summed E-state index contributed by atoms with van der Waals surface area (Å²) in [7, 11) is 0. The van der Waals surface area contributed by atoms with Crippen molar-refractivity contribution in [2.75, 3.05) is 25.0 Å². The van der Waals surface area contributed by atoms with Crippen molar-refractivity contribution in [2.45, 2.75) is 31.7 Å². The Morgan fingerprint density at radius 3 is 2.50 bits per heavy atom. The summed E-state index contributed by atoms with van der Waals surface area (Å²) in [5.41, 5.74) is 2.22. The molecule has 0 bridgehead atoms. The van der Waals surface area contributed by atoms with Gasteiger partial charge in [-0.05, 0) is 45.0 Å². The number of carboxylic acids is 1. The molecule has 1 aliphatic rings. The van der Waals surface area contributed by atoms with Crippen LogP contribution in [0.15, 0.2) is 55.0 Å². The summed E-state index contributed by atoms with van der Waals surface area (Å²) in [6, 6.07) is 9.08. The first-order chi connectivity index (χ1) is 18.3. The minimum atomic E-state index is -0.835. The van der Waals surface area contributed by atoms with E-state index >= 15 is 4.39 Å². The molecule has 0 aliphatic carbocycles. The highest BCUT2D eigenvalue weighted by Gasteiger charge is 2.24. The van der Waals surface area contributed by atoms with E-state index in [4.69, 9.17) is 16.7 Å². The molecule has 5 rings (SSSR count). The predicted octanol–water partition coefficient (Wildman–Crippen LogP) is 6.06. The zero-order valence-corrected chi connectivity index (χ0v) is 21.4. The summed E-state index contributed by atoms with van der Waals surface area (Å²) < 4.78 is 29.5. The van der Waals surface area contributed by atoms with Gasteiger partial charge in [0, 0.05) is 52.7 Å². The van der Waals surface area contributed by atoms with Crippen molar-refractivity contribution < 1.29 is 18.7 Å². The standard InChI is InChI=1S/C28H26ClF2N5O2/c1-16(19-4-2-3-5-23(19)30)35-27-21-10-20(24(31)11-25(21)32-14-22(27)29)18-12-33-28(34-13-18)17-6-8-36(9-7-17)15-26(37)38/h2-5,10-14,16-17H,6-9,15H2,1H3,(H,32,35)(H,37,38)/t16-/m1/s1. The van der Waals surface area contributed by atoms with Crippen LogP contribution in [-0.2, 0) is 4.79 Å². The normalized spacial score (nSPS) is 15.5. The molecule has 0 spiro atoms. The van der Waals surface area contributed by atoms with Crippen LogP contribution < -0.4 is 5.32 Å². The van der Waals surface area contributed by atoms with E-state index in [-0.39, 0.29) is 18.3 Å². The van der Waals surface area contributed by atoms with Crippen LogP contribution in [0.25, 0.3) is 22.0 Å². The van der Waals surface area contributed by atoms with Crippen LogP contribution in [0, 0.1) is 11.6 Å². The van der Waals surface area contributed by atoms with Crippen LogP contribution in [0.5, 0.6) is 0 Å². The largest absolute Gasteiger partial charge is 0.480 e. The Kier molecular flexibility index (Phi) is 7.49. The number of hydrogen-bond acceptors (Lipinski definition) is 6. The van der Waals surface area contributed by atoms with E-state index in [9.17, 15) is 9.18 Å². The number of carboxylic acid groups (broad SMARTS) is 1. The van der Waals surface area contributed by atoms with Gasteiger partial charge < -0.3 is 10.4 Å². The molecule has 0 amide bonds. The van der Waals surface area contributed by atoms with E-state index in [0.717, 1.165) is 12.8 Å². The minimum Gasteiger partial charge on any atom is -0.480 e. The number of fused-ring (bicyclic) bond motifs is 1. The third kappa shape index (κ3) is 5.44. The second-order valence-electron chi connectivity index (χ2n) is 9.49. The molecule has 1 fully saturated rings. The zero-order chi connectivity index (χ0) is 26.8. The van der Waals surface area contributed by atoms with Crippen molar-refractivity contribution >= 4 is 34.2 Å². The van der Waals surface area contributed by atoms with E-state index in [0.29, 0.717) is 57.2 Å². The molecule has 1 saturated heterocycles. The number of likely N-dealkylation sites (tertiary alicyclic amines) is 1. The van der Waals surface area contributed by atoms with Crippen molar-refractivity contribution in [3.63, 3.8) is 0 Å². The number of halogens is 3. The number of anilines is 1. The fourth-order valence-corrected chi connectivity index (χ4v) is 5.11. The van der Waals surface area contributed by atoms with E-state index in [1.54, 1.807) is 36.7 Å². The quantitative estimate of drug-likeness (QED) is 0.296. The summed E-state index contributed by atoms with van der Waals surface area (Å²) in [5, 5.41) is 13.2. The second-order valence-corrected chi connectivity index (χ2v) is 9.90. The Bertz CT molecular complexity index is 1480. The van der Waals surface area contributed by atoms with Gasteiger partial charge in [-0.2, -0.15) is 0 Å². The molecule has 7 nitrogen and oxygen atoms in total. The lowest BCUT2D eigenvalue weighted by Gasteiger charge is -2.29. The Labute approximate surface area is 223 Å². The molecule has 10 heteroatoms. The third-order valence-electron chi connectivity index (χ3n) is 6.94. The Morgan fingerprint density at radius 1 is 1.11 bits per heavy atom. The average Bonchev–Trinajstić information content (AvgIpc) is 2.90. The first kappa shape index (κ1) is 25.9. The Hall–Kier alpha value is -3.69. The zero-order valence-electron chi connectivity index (χ0n) is 20.7. The molecule has 2 aromatic heterocycles. The van der Waals surface area contributed by atoms with Gasteiger partial charge in [0.05, 0.1) is 28.8 Å². The Morgan fingerprint density at radius 2 is 1.82 bits per heavy atom. The molecule has 196 valence electrons. The fraction of sp³-hybridized carbons (Fsp3) is 0.286. The first-order valence-corrected chi connectivity index (χ1v) is 12.7. The third-order valence-corrected chi connectivity index (χ3v) is 7.22. The monoisotopic (exact) mass is 537 g/mol. The molecule has 2 N–H and O–H groups in total. The van der Waals surface area contributed by atoms with Crippen molar-refractivity contribution in [1.82, 2.24) is 19.9 Å². The molecule has 4 aromatic rings. The highest BCUT2D eigenvalue weighted by molar-refractivity contribution is 6.34. The number of hydrogen-bond donors (Lipinski definition) is 2. The summed E-state index contributed by atoms with van der Waals surface area (Å²) in [6.07, 6.45) is 6.16. The number of nitrogens with one attached hydrogen (secondary N) is 1. The molecule has 38 heavy (non-hydrogen) atoms. The number of carbonyl (C=O) groups is 1. The fourth-order valence-electron chi connectivity index (χ4n) is 4.91. The summed E-state index contributed by atoms with van der Waals surface area (Å²) >= 11 is 6.48. The van der Waals surface area contributed by atoms with Gasteiger partial charge in [0.1, 0.15) is 17.5 Å². The molecular weight excluding hydrogens is 512 g/mol. The number of aromatic nitrogens is 3. The smallest absolute Gasteiger partial charge is 0.317 e. The number of aliphatic carboxylic acids is 1. The van der Waals surface area contributed by atoms with Gasteiger partial charge in [-0.25, -0.2) is 18.7 Å². The van der Waals surface area contributed by atoms with Crippen molar-refractivity contribution in [3.05, 3.63) is 83.0 Å². The molecule has 0 radical (unpaired) electrons. The molecule has 0 unspecified atom stereocenters. The van der Waals surface area contributed by atoms with Gasteiger partial charge >= 0.3 is 5.97 Å². The molecule has 3 heterocycles. The SMILES string of the molecule is C[C@@H](Nc1c(Cl)cnc2cc(F)c(-c3cnc(C4CCN(CC(=O)O)CC4)nc3)cc12)c1ccccc1F. The van der Waals surface area contributed by atoms with Crippen LogP contribution >= 0.6 is 11.6 Å². The predicted molar refractivity (Wildman–Crippen MR) is 142 cm³/mol. The van der Waals surface area contributed by atoms with Gasteiger partial charge in [-0.3, -0.25) is 14.7 Å². The van der Waals surface area contributed by atoms with E-state index in [1.807, 2.05) is 11.8 Å². The van der Waals surface area contributed by atoms with Crippen LogP contribution in [0.4, 0.5) is 14.5 Å². The molecule has 1 atom stereocenters. The lowest BCUT2D eigenvalue weighted by atomic mass is 9.95. The van der Waals surface area contributed by atoms with Gasteiger partial charge in [0.15, 0.2) is 0 Å². The van der Waals surface area contributed by atoms with Gasteiger partial charge in [-0.15, -0.1) is 0 Å². The van der Waals surface area contributed by atoms with Gasteiger partial charge in [0.2, 0.25) is 0 Å². The number of rotatable bonds is 7. The number of benzene rings is 2. The van der Waals surface area contributed by atoms with E-state index in [1.165, 1.54) is 18.3 Å². The van der Waals surface area contributed by atoms with Crippen molar-refractivity contribution in [1.29, 1.82) is 0 Å². The van der Waals surface area contributed by atoms with Gasteiger partial charge in [0.25, 0.3) is 0 Å². The van der Waals surface area contributed by atoms with E-state index in [2.05, 4.69) is 20.3 Å². The lowest BCUT2D eigenvalue weighted by molar-refractivity contribution is -0.138. The van der Waals surface area contributed by atoms with E-state index < -0.39 is 17.8 Å². The van der Waals surface area contributed by atoms with Crippen LogP contribution in [0.1, 0.15) is 43.1 Å². The Balaban J connectivity index is 1.42. The maximum Gasteiger partial charge on any atom is 0.317 e. The minimum absolute atomic E-state index is 0.0303. The average molecular weight is 538 g/mol. The summed E-state index contributed by atoms with van der Waals surface area (Å²) in [5.74, 6) is -0.861. The number of piperidine rings is 1. The number of pyridine rings is 1. The van der Waals surface area contributed by atoms with Crippen LogP contribution in [0.2, 0.25) is 5.02 Å². The first-order valence-electron chi connectivity index (χ1n) is 12.4. The highest BCUT2D eigenvalue weighted by atomic mass is 35.5. The van der Waals surface area contributed by atoms with Crippen LogP contribution in [0.3, 0.4) is 0 Å². The molecule has 2 aromatic carbocycles. The van der Waals surface area contributed by atoms with Gasteiger partial charge in [-0.1, -0.05) is 29.8 Å². The van der Waals surface area contributed by atoms with Crippen LogP contribution in [-0.4, -0.2) is 50.6 Å². The van der Waals surface area contributed by atoms with Crippen molar-refractivity contribution in [2.24, 2.45) is 0 Å². The highest BCUT2D eigenvalue weighted by Crippen LogP contribution is 2.36. The lowest BCUT2D eigenvalue weighted by Crippen LogP contribution is -2.37. The van der Waals surface area contributed by atoms with Crippen molar-refractivity contribution in [3.8, 4) is 11.1 Å². The molecule has 0 saturated carbocycles. The second kappa shape index (κ2) is 11.0. The topological polar surface area (TPSA) is 91.2 Å². The molecule has 1 aliphatic heterocycles. The maximum atomic E-state index is 15.2. The summed E-state index contributed by atoms with van der Waals surface area (Å²) in [6.45, 7) is 3.18. The molecular formula is C28H26ClF2N5O2. The summed E-state index contributed by atoms with van der Waals surface area (Å²) in [4.78, 5) is 26.1. The number of nitrogens with zero attached hydrogens (tertiary/aromatic N) is 4. The maximum absolute atomic E-state index is 15.2.